The molecule has 96 valence electrons. The van der Waals surface area contributed by atoms with Crippen LogP contribution in [0.2, 0.25) is 0 Å². The zero-order valence-electron chi connectivity index (χ0n) is 10.8. The van der Waals surface area contributed by atoms with Crippen molar-refractivity contribution in [3.05, 3.63) is 23.8 Å². The third kappa shape index (κ3) is 3.61. The Hall–Kier alpha value is -1.26. The molecule has 0 aromatic heterocycles. The van der Waals surface area contributed by atoms with Gasteiger partial charge in [-0.3, -0.25) is 0 Å². The van der Waals surface area contributed by atoms with E-state index in [2.05, 4.69) is 5.32 Å². The Balaban J connectivity index is 2.97. The third-order valence-electron chi connectivity index (χ3n) is 2.86. The lowest BCUT2D eigenvalue weighted by atomic mass is 10.0. The summed E-state index contributed by atoms with van der Waals surface area (Å²) in [4.78, 5) is 0. The Morgan fingerprint density at radius 3 is 2.59 bits per heavy atom. The maximum atomic E-state index is 5.55. The van der Waals surface area contributed by atoms with Crippen LogP contribution in [-0.4, -0.2) is 27.8 Å². The molecule has 0 saturated carbocycles. The number of ether oxygens (including phenoxy) is 2. The highest BCUT2D eigenvalue weighted by Crippen LogP contribution is 2.31. The molecule has 0 radical (unpaired) electrons. The van der Waals surface area contributed by atoms with Crippen LogP contribution in [0.4, 0.5) is 0 Å². The van der Waals surface area contributed by atoms with Crippen LogP contribution in [0.1, 0.15) is 24.4 Å². The van der Waals surface area contributed by atoms with E-state index in [0.717, 1.165) is 29.9 Å². The summed E-state index contributed by atoms with van der Waals surface area (Å²) in [7, 11) is 5.29. The Kier molecular flexibility index (Phi) is 5.80. The van der Waals surface area contributed by atoms with Crippen LogP contribution in [0.5, 0.6) is 11.5 Å². The van der Waals surface area contributed by atoms with Crippen LogP contribution in [0.25, 0.3) is 0 Å². The van der Waals surface area contributed by atoms with Crippen molar-refractivity contribution in [3.8, 4) is 11.5 Å². The Morgan fingerprint density at radius 2 is 2.06 bits per heavy atom. The van der Waals surface area contributed by atoms with E-state index < -0.39 is 0 Å². The van der Waals surface area contributed by atoms with Gasteiger partial charge in [0.15, 0.2) is 0 Å². The van der Waals surface area contributed by atoms with Gasteiger partial charge in [0.1, 0.15) is 11.5 Å². The second-order valence-electron chi connectivity index (χ2n) is 3.88. The number of rotatable bonds is 7. The van der Waals surface area contributed by atoms with E-state index in [-0.39, 0.29) is 6.04 Å². The van der Waals surface area contributed by atoms with E-state index in [4.69, 9.17) is 15.2 Å². The number of methoxy groups -OCH3 is 2. The first kappa shape index (κ1) is 13.8. The van der Waals surface area contributed by atoms with Crippen molar-refractivity contribution in [1.82, 2.24) is 5.32 Å². The maximum absolute atomic E-state index is 5.55. The molecule has 0 aliphatic heterocycles. The smallest absolute Gasteiger partial charge is 0.123 e. The number of nitrogens with two attached hydrogens (primary N) is 1. The number of nitrogens with one attached hydrogen (secondary N) is 1. The summed E-state index contributed by atoms with van der Waals surface area (Å²) in [5, 5.41) is 3.29. The minimum absolute atomic E-state index is 0.239. The highest BCUT2D eigenvalue weighted by atomic mass is 16.5. The van der Waals surface area contributed by atoms with Gasteiger partial charge in [-0.25, -0.2) is 0 Å². The molecule has 0 heterocycles. The SMILES string of the molecule is CNC(CCCN)c1cc(OC)ccc1OC. The van der Waals surface area contributed by atoms with E-state index >= 15 is 0 Å². The fourth-order valence-electron chi connectivity index (χ4n) is 1.89. The quantitative estimate of drug-likeness (QED) is 0.759. The summed E-state index contributed by atoms with van der Waals surface area (Å²) in [5.74, 6) is 1.72. The summed E-state index contributed by atoms with van der Waals surface area (Å²) >= 11 is 0. The molecule has 0 aliphatic rings. The van der Waals surface area contributed by atoms with Gasteiger partial charge in [-0.2, -0.15) is 0 Å². The molecule has 0 amide bonds. The molecule has 4 nitrogen and oxygen atoms in total. The Morgan fingerprint density at radius 1 is 1.29 bits per heavy atom. The molecule has 1 aromatic carbocycles. The summed E-state index contributed by atoms with van der Waals surface area (Å²) in [5.41, 5.74) is 6.67. The normalized spacial score (nSPS) is 12.2. The van der Waals surface area contributed by atoms with Gasteiger partial charge in [0.05, 0.1) is 14.2 Å². The first-order valence-electron chi connectivity index (χ1n) is 5.86. The van der Waals surface area contributed by atoms with E-state index in [1.807, 2.05) is 25.2 Å². The van der Waals surface area contributed by atoms with Gasteiger partial charge in [-0.05, 0) is 44.6 Å². The zero-order chi connectivity index (χ0) is 12.7. The standard InChI is InChI=1S/C13H22N2O2/c1-15-12(5-4-8-14)11-9-10(16-2)6-7-13(11)17-3/h6-7,9,12,15H,4-5,8,14H2,1-3H3. The van der Waals surface area contributed by atoms with Gasteiger partial charge in [-0.15, -0.1) is 0 Å². The Bertz CT molecular complexity index is 342. The van der Waals surface area contributed by atoms with E-state index in [1.165, 1.54) is 0 Å². The number of hydrogen-bond donors (Lipinski definition) is 2. The first-order valence-corrected chi connectivity index (χ1v) is 5.86. The molecule has 0 spiro atoms. The molecule has 1 atom stereocenters. The van der Waals surface area contributed by atoms with Crippen molar-refractivity contribution in [3.63, 3.8) is 0 Å². The average molecular weight is 238 g/mol. The lowest BCUT2D eigenvalue weighted by Gasteiger charge is -2.19. The van der Waals surface area contributed by atoms with Gasteiger partial charge in [0.2, 0.25) is 0 Å². The fourth-order valence-corrected chi connectivity index (χ4v) is 1.89. The largest absolute Gasteiger partial charge is 0.497 e. The summed E-state index contributed by atoms with van der Waals surface area (Å²) in [6, 6.07) is 6.08. The third-order valence-corrected chi connectivity index (χ3v) is 2.86. The van der Waals surface area contributed by atoms with Crippen molar-refractivity contribution >= 4 is 0 Å². The van der Waals surface area contributed by atoms with E-state index in [0.29, 0.717) is 6.54 Å². The predicted octanol–water partition coefficient (Wildman–Crippen LogP) is 1.70. The number of benzene rings is 1. The van der Waals surface area contributed by atoms with Crippen molar-refractivity contribution in [2.24, 2.45) is 5.73 Å². The van der Waals surface area contributed by atoms with Crippen LogP contribution in [0.15, 0.2) is 18.2 Å². The van der Waals surface area contributed by atoms with E-state index in [1.54, 1.807) is 14.2 Å². The highest BCUT2D eigenvalue weighted by molar-refractivity contribution is 5.42. The molecule has 0 saturated heterocycles. The highest BCUT2D eigenvalue weighted by Gasteiger charge is 2.14. The molecule has 0 fully saturated rings. The minimum Gasteiger partial charge on any atom is -0.497 e. The summed E-state index contributed by atoms with van der Waals surface area (Å²) in [6.45, 7) is 0.699. The van der Waals surface area contributed by atoms with Crippen molar-refractivity contribution < 1.29 is 9.47 Å². The van der Waals surface area contributed by atoms with Gasteiger partial charge >= 0.3 is 0 Å². The van der Waals surface area contributed by atoms with E-state index in [9.17, 15) is 0 Å². The monoisotopic (exact) mass is 238 g/mol. The lowest BCUT2D eigenvalue weighted by molar-refractivity contribution is 0.388. The molecule has 3 N–H and O–H groups in total. The van der Waals surface area contributed by atoms with Crippen molar-refractivity contribution in [2.45, 2.75) is 18.9 Å². The van der Waals surface area contributed by atoms with Crippen LogP contribution in [0.3, 0.4) is 0 Å². The van der Waals surface area contributed by atoms with Crippen LogP contribution in [0, 0.1) is 0 Å². The van der Waals surface area contributed by atoms with Crippen molar-refractivity contribution in [2.75, 3.05) is 27.8 Å². The zero-order valence-corrected chi connectivity index (χ0v) is 10.8. The van der Waals surface area contributed by atoms with Gasteiger partial charge in [-0.1, -0.05) is 0 Å². The van der Waals surface area contributed by atoms with Crippen LogP contribution >= 0.6 is 0 Å². The molecular weight excluding hydrogens is 216 g/mol. The molecule has 4 heteroatoms. The topological polar surface area (TPSA) is 56.5 Å². The number of hydrogen-bond acceptors (Lipinski definition) is 4. The summed E-state index contributed by atoms with van der Waals surface area (Å²) < 4.78 is 10.6. The van der Waals surface area contributed by atoms with Gasteiger partial charge < -0.3 is 20.5 Å². The van der Waals surface area contributed by atoms with Crippen molar-refractivity contribution in [1.29, 1.82) is 0 Å². The predicted molar refractivity (Wildman–Crippen MR) is 69.6 cm³/mol. The first-order chi connectivity index (χ1) is 8.26. The van der Waals surface area contributed by atoms with Gasteiger partial charge in [0.25, 0.3) is 0 Å². The lowest BCUT2D eigenvalue weighted by Crippen LogP contribution is -2.18. The molecule has 1 rings (SSSR count). The molecule has 17 heavy (non-hydrogen) atoms. The molecule has 0 aliphatic carbocycles. The molecule has 0 bridgehead atoms. The minimum atomic E-state index is 0.239. The molecule has 1 aromatic rings. The average Bonchev–Trinajstić information content (AvgIpc) is 2.39. The van der Waals surface area contributed by atoms with Gasteiger partial charge in [0, 0.05) is 11.6 Å². The Labute approximate surface area is 103 Å². The van der Waals surface area contributed by atoms with Crippen LogP contribution in [-0.2, 0) is 0 Å². The fraction of sp³-hybridized carbons (Fsp3) is 0.538. The second-order valence-corrected chi connectivity index (χ2v) is 3.88. The molecule has 1 unspecified atom stereocenters. The molecular formula is C13H22N2O2. The second kappa shape index (κ2) is 7.14. The maximum Gasteiger partial charge on any atom is 0.123 e. The van der Waals surface area contributed by atoms with Crippen LogP contribution < -0.4 is 20.5 Å². The summed E-state index contributed by atoms with van der Waals surface area (Å²) in [6.07, 6.45) is 1.96.